The quantitative estimate of drug-likeness (QED) is 0.546. The lowest BCUT2D eigenvalue weighted by atomic mass is 9.97. The molecule has 2 unspecified atom stereocenters. The Morgan fingerprint density at radius 3 is 2.45 bits per heavy atom. The van der Waals surface area contributed by atoms with E-state index in [2.05, 4.69) is 29.7 Å². The van der Waals surface area contributed by atoms with Crippen LogP contribution in [-0.2, 0) is 4.79 Å². The molecule has 2 aromatic carbocycles. The molecule has 4 rings (SSSR count). The van der Waals surface area contributed by atoms with Crippen LogP contribution in [0, 0.1) is 5.92 Å². The second-order valence-electron chi connectivity index (χ2n) is 7.91. The summed E-state index contributed by atoms with van der Waals surface area (Å²) in [6.45, 7) is 3.30. The molecule has 5 nitrogen and oxygen atoms in total. The monoisotopic (exact) mass is 433 g/mol. The molecule has 2 amide bonds. The predicted octanol–water partition coefficient (Wildman–Crippen LogP) is 5.41. The second-order valence-corrected chi connectivity index (χ2v) is 8.86. The van der Waals surface area contributed by atoms with Gasteiger partial charge < -0.3 is 15.5 Å². The maximum Gasteiger partial charge on any atom is 0.263 e. The number of anilines is 2. The summed E-state index contributed by atoms with van der Waals surface area (Å²) in [5.41, 5.74) is 2.99. The summed E-state index contributed by atoms with van der Waals surface area (Å²) in [5, 5.41) is 8.40. The zero-order chi connectivity index (χ0) is 21.6. The van der Waals surface area contributed by atoms with Crippen LogP contribution in [0.4, 0.5) is 11.4 Å². The Labute approximate surface area is 187 Å². The number of hydrogen-bond acceptors (Lipinski definition) is 4. The number of rotatable bonds is 6. The Kier molecular flexibility index (Phi) is 6.67. The normalized spacial score (nSPS) is 17.1. The lowest BCUT2D eigenvalue weighted by Gasteiger charge is -2.31. The number of likely N-dealkylation sites (tertiary alicyclic amines) is 1. The summed E-state index contributed by atoms with van der Waals surface area (Å²) < 4.78 is 0. The van der Waals surface area contributed by atoms with Gasteiger partial charge in [-0.15, -0.1) is 11.3 Å². The van der Waals surface area contributed by atoms with Gasteiger partial charge in [0.15, 0.2) is 0 Å². The van der Waals surface area contributed by atoms with Gasteiger partial charge in [0.05, 0.1) is 10.8 Å². The van der Waals surface area contributed by atoms with E-state index in [-0.39, 0.29) is 23.8 Å². The van der Waals surface area contributed by atoms with Gasteiger partial charge >= 0.3 is 0 Å². The molecule has 0 saturated carbocycles. The molecule has 2 atom stereocenters. The first-order chi connectivity index (χ1) is 15.1. The van der Waals surface area contributed by atoms with E-state index in [9.17, 15) is 9.59 Å². The van der Waals surface area contributed by atoms with Crippen molar-refractivity contribution in [2.75, 3.05) is 23.7 Å². The molecule has 1 aromatic heterocycles. The van der Waals surface area contributed by atoms with Crippen molar-refractivity contribution in [1.29, 1.82) is 0 Å². The molecular weight excluding hydrogens is 406 g/mol. The molecule has 2 heterocycles. The lowest BCUT2D eigenvalue weighted by Crippen LogP contribution is -2.43. The van der Waals surface area contributed by atoms with Crippen molar-refractivity contribution in [3.05, 3.63) is 82.6 Å². The molecule has 160 valence electrons. The van der Waals surface area contributed by atoms with Crippen molar-refractivity contribution in [2.24, 2.45) is 5.92 Å². The first kappa shape index (κ1) is 21.1. The van der Waals surface area contributed by atoms with Crippen molar-refractivity contribution < 1.29 is 9.59 Å². The molecule has 1 fully saturated rings. The number of piperidine rings is 1. The van der Waals surface area contributed by atoms with E-state index < -0.39 is 0 Å². The molecule has 0 bridgehead atoms. The van der Waals surface area contributed by atoms with Crippen molar-refractivity contribution in [2.45, 2.75) is 25.8 Å². The van der Waals surface area contributed by atoms with Crippen molar-refractivity contribution in [1.82, 2.24) is 4.90 Å². The number of amides is 2. The summed E-state index contributed by atoms with van der Waals surface area (Å²) in [7, 11) is 0. The van der Waals surface area contributed by atoms with E-state index in [1.165, 1.54) is 16.9 Å². The number of nitrogens with zero attached hydrogens (tertiary/aromatic N) is 1. The largest absolute Gasteiger partial charge is 0.379 e. The molecule has 3 aromatic rings. The van der Waals surface area contributed by atoms with Gasteiger partial charge in [0, 0.05) is 30.5 Å². The zero-order valence-corrected chi connectivity index (χ0v) is 18.4. The van der Waals surface area contributed by atoms with Crippen LogP contribution in [-0.4, -0.2) is 29.8 Å². The lowest BCUT2D eigenvalue weighted by molar-refractivity contribution is -0.121. The maximum atomic E-state index is 12.8. The summed E-state index contributed by atoms with van der Waals surface area (Å²) >= 11 is 1.44. The van der Waals surface area contributed by atoms with Crippen LogP contribution in [0.25, 0.3) is 0 Å². The molecule has 1 saturated heterocycles. The molecule has 1 aliphatic heterocycles. The predicted molar refractivity (Wildman–Crippen MR) is 126 cm³/mol. The van der Waals surface area contributed by atoms with E-state index in [1.54, 1.807) is 4.90 Å². The van der Waals surface area contributed by atoms with E-state index in [4.69, 9.17) is 0 Å². The molecular formula is C25H27N3O2S. The first-order valence-electron chi connectivity index (χ1n) is 10.7. The Balaban J connectivity index is 1.32. The third kappa shape index (κ3) is 5.33. The Morgan fingerprint density at radius 1 is 1.00 bits per heavy atom. The summed E-state index contributed by atoms with van der Waals surface area (Å²) in [4.78, 5) is 28.0. The molecule has 6 heteroatoms. The van der Waals surface area contributed by atoms with Crippen LogP contribution < -0.4 is 10.6 Å². The molecule has 0 radical (unpaired) electrons. The van der Waals surface area contributed by atoms with Crippen LogP contribution in [0.2, 0.25) is 0 Å². The maximum absolute atomic E-state index is 12.8. The fraction of sp³-hybridized carbons (Fsp3) is 0.280. The zero-order valence-electron chi connectivity index (χ0n) is 17.6. The third-order valence-electron chi connectivity index (χ3n) is 5.65. The fourth-order valence-corrected chi connectivity index (χ4v) is 4.59. The molecule has 0 spiro atoms. The van der Waals surface area contributed by atoms with Crippen molar-refractivity contribution in [3.63, 3.8) is 0 Å². The number of thiophene rings is 1. The van der Waals surface area contributed by atoms with E-state index in [0.717, 1.165) is 29.1 Å². The summed E-state index contributed by atoms with van der Waals surface area (Å²) in [6, 6.07) is 22.0. The highest BCUT2D eigenvalue weighted by Gasteiger charge is 2.29. The highest BCUT2D eigenvalue weighted by molar-refractivity contribution is 7.12. The van der Waals surface area contributed by atoms with Crippen LogP contribution >= 0.6 is 11.3 Å². The van der Waals surface area contributed by atoms with E-state index in [1.807, 2.05) is 60.0 Å². The van der Waals surface area contributed by atoms with E-state index >= 15 is 0 Å². The second kappa shape index (κ2) is 9.79. The van der Waals surface area contributed by atoms with Crippen molar-refractivity contribution >= 4 is 34.5 Å². The third-order valence-corrected chi connectivity index (χ3v) is 6.50. The van der Waals surface area contributed by atoms with Gasteiger partial charge in [-0.1, -0.05) is 36.4 Å². The van der Waals surface area contributed by atoms with Crippen LogP contribution in [0.15, 0.2) is 72.1 Å². The van der Waals surface area contributed by atoms with Gasteiger partial charge in [-0.05, 0) is 61.0 Å². The minimum Gasteiger partial charge on any atom is -0.379 e. The average Bonchev–Trinajstić information content (AvgIpc) is 3.35. The Bertz CT molecular complexity index is 1000. The summed E-state index contributed by atoms with van der Waals surface area (Å²) in [6.07, 6.45) is 1.64. The molecule has 31 heavy (non-hydrogen) atoms. The standard InChI is InChI=1S/C25H27N3O2S/c1-18(19-7-3-2-4-8-19)26-21-11-13-22(14-12-21)27-24(29)20-9-5-15-28(17-20)25(30)23-10-6-16-31-23/h2-4,6-8,10-14,16,18,20,26H,5,9,15,17H2,1H3,(H,27,29). The fourth-order valence-electron chi connectivity index (χ4n) is 3.90. The highest BCUT2D eigenvalue weighted by atomic mass is 32.1. The van der Waals surface area contributed by atoms with Crippen molar-refractivity contribution in [3.8, 4) is 0 Å². The number of hydrogen-bond donors (Lipinski definition) is 2. The smallest absolute Gasteiger partial charge is 0.263 e. The summed E-state index contributed by atoms with van der Waals surface area (Å²) in [5.74, 6) is -0.189. The van der Waals surface area contributed by atoms with Gasteiger partial charge in [-0.25, -0.2) is 0 Å². The minimum absolute atomic E-state index is 0.0236. The number of carbonyl (C=O) groups is 2. The number of benzene rings is 2. The molecule has 1 aliphatic rings. The Hall–Kier alpha value is -3.12. The van der Waals surface area contributed by atoms with Crippen LogP contribution in [0.3, 0.4) is 0 Å². The van der Waals surface area contributed by atoms with Gasteiger partial charge in [-0.2, -0.15) is 0 Å². The van der Waals surface area contributed by atoms with Gasteiger partial charge in [0.1, 0.15) is 0 Å². The first-order valence-corrected chi connectivity index (χ1v) is 11.5. The van der Waals surface area contributed by atoms with Gasteiger partial charge in [0.25, 0.3) is 5.91 Å². The van der Waals surface area contributed by atoms with Crippen LogP contribution in [0.5, 0.6) is 0 Å². The van der Waals surface area contributed by atoms with Crippen LogP contribution in [0.1, 0.15) is 41.0 Å². The number of nitrogens with one attached hydrogen (secondary N) is 2. The minimum atomic E-state index is -0.187. The highest BCUT2D eigenvalue weighted by Crippen LogP contribution is 2.24. The van der Waals surface area contributed by atoms with Gasteiger partial charge in [0.2, 0.25) is 5.91 Å². The van der Waals surface area contributed by atoms with Gasteiger partial charge in [-0.3, -0.25) is 9.59 Å². The Morgan fingerprint density at radius 2 is 1.74 bits per heavy atom. The molecule has 2 N–H and O–H groups in total. The van der Waals surface area contributed by atoms with E-state index in [0.29, 0.717) is 13.1 Å². The average molecular weight is 434 g/mol. The number of carbonyl (C=O) groups excluding carboxylic acids is 2. The topological polar surface area (TPSA) is 61.4 Å². The SMILES string of the molecule is CC(Nc1ccc(NC(=O)C2CCCN(C(=O)c3cccs3)C2)cc1)c1ccccc1. The molecule has 0 aliphatic carbocycles.